The highest BCUT2D eigenvalue weighted by atomic mass is 16.2. The zero-order chi connectivity index (χ0) is 12.3. The first kappa shape index (κ1) is 11.6. The molecular formula is C12H16N4O. The molecule has 1 aliphatic heterocycles. The van der Waals surface area contributed by atoms with Crippen molar-refractivity contribution in [3.63, 3.8) is 0 Å². The van der Waals surface area contributed by atoms with Gasteiger partial charge in [0, 0.05) is 13.1 Å². The molecule has 0 spiro atoms. The van der Waals surface area contributed by atoms with Gasteiger partial charge < -0.3 is 16.5 Å². The molecule has 1 saturated heterocycles. The van der Waals surface area contributed by atoms with Crippen LogP contribution in [0.25, 0.3) is 0 Å². The highest BCUT2D eigenvalue weighted by Crippen LogP contribution is 2.14. The lowest BCUT2D eigenvalue weighted by molar-refractivity contribution is -0.129. The van der Waals surface area contributed by atoms with E-state index in [4.69, 9.17) is 11.6 Å². The fourth-order valence-corrected chi connectivity index (χ4v) is 2.00. The van der Waals surface area contributed by atoms with Crippen molar-refractivity contribution >= 4 is 12.1 Å². The van der Waals surface area contributed by atoms with Gasteiger partial charge in [-0.3, -0.25) is 4.79 Å². The zero-order valence-corrected chi connectivity index (χ0v) is 9.54. The van der Waals surface area contributed by atoms with Crippen LogP contribution in [0.2, 0.25) is 0 Å². The summed E-state index contributed by atoms with van der Waals surface area (Å²) < 4.78 is 0. The highest BCUT2D eigenvalue weighted by Gasteiger charge is 2.28. The van der Waals surface area contributed by atoms with Crippen LogP contribution < -0.4 is 11.6 Å². The summed E-state index contributed by atoms with van der Waals surface area (Å²) in [6, 6.07) is 7.45. The maximum Gasteiger partial charge on any atom is 0.239 e. The van der Waals surface area contributed by atoms with E-state index in [1.165, 1.54) is 0 Å². The topological polar surface area (TPSA) is 84.7 Å². The molecule has 17 heavy (non-hydrogen) atoms. The predicted molar refractivity (Wildman–Crippen MR) is 66.2 cm³/mol. The number of amides is 1. The maximum absolute atomic E-state index is 11.7. The lowest BCUT2D eigenvalue weighted by atomic mass is 10.1. The van der Waals surface area contributed by atoms with Crippen LogP contribution in [-0.2, 0) is 11.3 Å². The third-order valence-electron chi connectivity index (χ3n) is 2.89. The van der Waals surface area contributed by atoms with Gasteiger partial charge >= 0.3 is 0 Å². The molecule has 1 amide bonds. The Morgan fingerprint density at radius 1 is 1.53 bits per heavy atom. The lowest BCUT2D eigenvalue weighted by Crippen LogP contribution is -2.33. The second-order valence-corrected chi connectivity index (χ2v) is 4.18. The Hall–Kier alpha value is -1.88. The van der Waals surface area contributed by atoms with Gasteiger partial charge in [0.1, 0.15) is 0 Å². The van der Waals surface area contributed by atoms with Gasteiger partial charge in [-0.2, -0.15) is 5.10 Å². The summed E-state index contributed by atoms with van der Waals surface area (Å²) in [5.74, 6) is 5.13. The fraction of sp³-hybridized carbons (Fsp3) is 0.333. The molecular weight excluding hydrogens is 216 g/mol. The number of nitrogens with zero attached hydrogens (tertiary/aromatic N) is 2. The second kappa shape index (κ2) is 4.97. The molecule has 90 valence electrons. The fourth-order valence-electron chi connectivity index (χ4n) is 2.00. The molecule has 0 bridgehead atoms. The third kappa shape index (κ3) is 2.62. The third-order valence-corrected chi connectivity index (χ3v) is 2.89. The van der Waals surface area contributed by atoms with Crippen LogP contribution in [0.4, 0.5) is 0 Å². The molecule has 1 aliphatic rings. The Bertz CT molecular complexity index is 444. The van der Waals surface area contributed by atoms with Gasteiger partial charge in [-0.1, -0.05) is 18.2 Å². The number of benzene rings is 1. The van der Waals surface area contributed by atoms with Gasteiger partial charge in [-0.25, -0.2) is 0 Å². The van der Waals surface area contributed by atoms with Crippen LogP contribution >= 0.6 is 0 Å². The zero-order valence-electron chi connectivity index (χ0n) is 9.54. The van der Waals surface area contributed by atoms with E-state index in [9.17, 15) is 4.79 Å². The van der Waals surface area contributed by atoms with E-state index in [1.807, 2.05) is 24.3 Å². The minimum absolute atomic E-state index is 0.0305. The Morgan fingerprint density at radius 3 is 3.00 bits per heavy atom. The van der Waals surface area contributed by atoms with E-state index in [0.29, 0.717) is 6.54 Å². The molecule has 1 fully saturated rings. The van der Waals surface area contributed by atoms with Crippen LogP contribution in [0.3, 0.4) is 0 Å². The number of hydrazone groups is 1. The second-order valence-electron chi connectivity index (χ2n) is 4.18. The number of nitrogens with two attached hydrogens (primary N) is 2. The van der Waals surface area contributed by atoms with Crippen LogP contribution in [-0.4, -0.2) is 29.6 Å². The van der Waals surface area contributed by atoms with Gasteiger partial charge in [-0.15, -0.1) is 0 Å². The molecule has 0 radical (unpaired) electrons. The van der Waals surface area contributed by atoms with E-state index in [1.54, 1.807) is 11.1 Å². The van der Waals surface area contributed by atoms with Gasteiger partial charge in [0.15, 0.2) is 0 Å². The average molecular weight is 232 g/mol. The lowest BCUT2D eigenvalue weighted by Gasteiger charge is -2.16. The molecule has 0 unspecified atom stereocenters. The number of likely N-dealkylation sites (tertiary alicyclic amines) is 1. The summed E-state index contributed by atoms with van der Waals surface area (Å²) in [4.78, 5) is 13.5. The maximum atomic E-state index is 11.7. The molecule has 0 aromatic heterocycles. The van der Waals surface area contributed by atoms with Crippen molar-refractivity contribution in [3.8, 4) is 0 Å². The van der Waals surface area contributed by atoms with E-state index >= 15 is 0 Å². The van der Waals surface area contributed by atoms with E-state index in [0.717, 1.165) is 24.1 Å². The molecule has 0 saturated carbocycles. The van der Waals surface area contributed by atoms with Gasteiger partial charge in [0.2, 0.25) is 5.91 Å². The van der Waals surface area contributed by atoms with Crippen molar-refractivity contribution in [2.24, 2.45) is 16.7 Å². The predicted octanol–water partition coefficient (Wildman–Crippen LogP) is 0.0388. The summed E-state index contributed by atoms with van der Waals surface area (Å²) in [6.45, 7) is 1.33. The standard InChI is InChI=1S/C12H16N4O/c13-11-4-5-16(12(11)17)8-10-3-1-2-9(6-10)7-15-14/h1-3,6-7,11H,4-5,8,13-14H2/t11-/m0/s1. The normalized spacial score (nSPS) is 20.4. The minimum Gasteiger partial charge on any atom is -0.337 e. The molecule has 1 atom stereocenters. The summed E-state index contributed by atoms with van der Waals surface area (Å²) in [5.41, 5.74) is 7.66. The SMILES string of the molecule is NN=Cc1cccc(CN2CC[C@H](N)C2=O)c1. The first-order valence-corrected chi connectivity index (χ1v) is 5.57. The molecule has 4 N–H and O–H groups in total. The molecule has 1 aromatic carbocycles. The van der Waals surface area contributed by atoms with Crippen molar-refractivity contribution in [1.82, 2.24) is 4.90 Å². The Labute approximate surface area is 100 Å². The summed E-state index contributed by atoms with van der Waals surface area (Å²) >= 11 is 0. The van der Waals surface area contributed by atoms with E-state index in [2.05, 4.69) is 5.10 Å². The first-order chi connectivity index (χ1) is 8.20. The van der Waals surface area contributed by atoms with Gasteiger partial charge in [0.25, 0.3) is 0 Å². The summed E-state index contributed by atoms with van der Waals surface area (Å²) in [6.07, 6.45) is 2.32. The number of carbonyl (C=O) groups excluding carboxylic acids is 1. The molecule has 1 heterocycles. The van der Waals surface area contributed by atoms with Crippen molar-refractivity contribution < 1.29 is 4.79 Å². The van der Waals surface area contributed by atoms with Gasteiger partial charge in [0.05, 0.1) is 12.3 Å². The van der Waals surface area contributed by atoms with E-state index in [-0.39, 0.29) is 11.9 Å². The van der Waals surface area contributed by atoms with Crippen molar-refractivity contribution in [1.29, 1.82) is 0 Å². The van der Waals surface area contributed by atoms with Crippen LogP contribution in [0.5, 0.6) is 0 Å². The number of hydrogen-bond acceptors (Lipinski definition) is 4. The minimum atomic E-state index is -0.330. The molecule has 2 rings (SSSR count). The van der Waals surface area contributed by atoms with Crippen molar-refractivity contribution in [2.45, 2.75) is 19.0 Å². The van der Waals surface area contributed by atoms with Crippen LogP contribution in [0.1, 0.15) is 17.5 Å². The molecule has 5 heteroatoms. The quantitative estimate of drug-likeness (QED) is 0.438. The molecule has 5 nitrogen and oxygen atoms in total. The number of hydrogen-bond donors (Lipinski definition) is 2. The largest absolute Gasteiger partial charge is 0.337 e. The number of rotatable bonds is 3. The molecule has 0 aliphatic carbocycles. The monoisotopic (exact) mass is 232 g/mol. The van der Waals surface area contributed by atoms with Gasteiger partial charge in [-0.05, 0) is 23.6 Å². The molecule has 1 aromatic rings. The average Bonchev–Trinajstić information content (AvgIpc) is 2.62. The summed E-state index contributed by atoms with van der Waals surface area (Å²) in [7, 11) is 0. The number of carbonyl (C=O) groups is 1. The van der Waals surface area contributed by atoms with Crippen LogP contribution in [0.15, 0.2) is 29.4 Å². The van der Waals surface area contributed by atoms with Crippen molar-refractivity contribution in [2.75, 3.05) is 6.54 Å². The Balaban J connectivity index is 2.08. The first-order valence-electron chi connectivity index (χ1n) is 5.57. The van der Waals surface area contributed by atoms with Crippen LogP contribution in [0, 0.1) is 0 Å². The Kier molecular flexibility index (Phi) is 3.39. The van der Waals surface area contributed by atoms with Crippen molar-refractivity contribution in [3.05, 3.63) is 35.4 Å². The Morgan fingerprint density at radius 2 is 2.35 bits per heavy atom. The highest BCUT2D eigenvalue weighted by molar-refractivity contribution is 5.83. The van der Waals surface area contributed by atoms with E-state index < -0.39 is 0 Å². The smallest absolute Gasteiger partial charge is 0.239 e. The summed E-state index contributed by atoms with van der Waals surface area (Å²) in [5, 5.41) is 3.48.